The third-order valence-electron chi connectivity index (χ3n) is 4.05. The molecule has 98 valence electrons. The summed E-state index contributed by atoms with van der Waals surface area (Å²) in [4.78, 5) is 10.6. The van der Waals surface area contributed by atoms with Crippen LogP contribution in [-0.4, -0.2) is 40.9 Å². The molecule has 0 unspecified atom stereocenters. The summed E-state index contributed by atoms with van der Waals surface area (Å²) in [6.45, 7) is 1.19. The molecular weight excluding hydrogens is 254 g/mol. The fourth-order valence-electron chi connectivity index (χ4n) is 3.31. The lowest BCUT2D eigenvalue weighted by atomic mass is 9.71. The Balaban J connectivity index is 1.92. The van der Waals surface area contributed by atoms with Gasteiger partial charge in [-0.25, -0.2) is 0 Å². The van der Waals surface area contributed by atoms with Crippen LogP contribution in [0.15, 0.2) is 6.07 Å². The van der Waals surface area contributed by atoms with Crippen molar-refractivity contribution < 1.29 is 9.84 Å². The van der Waals surface area contributed by atoms with Gasteiger partial charge in [0.2, 0.25) is 0 Å². The van der Waals surface area contributed by atoms with Crippen LogP contribution in [0.2, 0.25) is 5.15 Å². The van der Waals surface area contributed by atoms with Crippen molar-refractivity contribution in [2.24, 2.45) is 5.92 Å². The van der Waals surface area contributed by atoms with Gasteiger partial charge in [-0.05, 0) is 25.2 Å². The summed E-state index contributed by atoms with van der Waals surface area (Å²) in [6.07, 6.45) is 3.06. The van der Waals surface area contributed by atoms with Crippen molar-refractivity contribution in [1.82, 2.24) is 9.97 Å². The van der Waals surface area contributed by atoms with Gasteiger partial charge in [0.25, 0.3) is 0 Å². The van der Waals surface area contributed by atoms with Crippen molar-refractivity contribution in [3.8, 4) is 6.01 Å². The first-order valence-electron chi connectivity index (χ1n) is 6.14. The van der Waals surface area contributed by atoms with Gasteiger partial charge in [-0.15, -0.1) is 0 Å². The second kappa shape index (κ2) is 4.24. The van der Waals surface area contributed by atoms with Crippen molar-refractivity contribution in [3.63, 3.8) is 0 Å². The van der Waals surface area contributed by atoms with Crippen LogP contribution >= 0.6 is 11.6 Å². The molecule has 3 fully saturated rings. The fourth-order valence-corrected chi connectivity index (χ4v) is 3.48. The second-order valence-corrected chi connectivity index (χ2v) is 5.51. The number of halogens is 1. The Morgan fingerprint density at radius 2 is 2.33 bits per heavy atom. The van der Waals surface area contributed by atoms with Crippen molar-refractivity contribution in [1.29, 1.82) is 0 Å². The van der Waals surface area contributed by atoms with Gasteiger partial charge in [0.15, 0.2) is 0 Å². The van der Waals surface area contributed by atoms with E-state index >= 15 is 0 Å². The predicted octanol–water partition coefficient (Wildman–Crippen LogP) is 1.49. The monoisotopic (exact) mass is 269 g/mol. The van der Waals surface area contributed by atoms with Gasteiger partial charge in [-0.1, -0.05) is 11.6 Å². The number of anilines is 1. The summed E-state index contributed by atoms with van der Waals surface area (Å²) >= 11 is 5.98. The molecule has 0 aromatic carbocycles. The topological polar surface area (TPSA) is 58.5 Å². The number of hydrogen-bond donors (Lipinski definition) is 1. The van der Waals surface area contributed by atoms with E-state index in [1.54, 1.807) is 6.07 Å². The Morgan fingerprint density at radius 1 is 1.56 bits per heavy atom. The number of aliphatic hydroxyl groups is 1. The molecule has 2 bridgehead atoms. The average molecular weight is 270 g/mol. The van der Waals surface area contributed by atoms with Crippen molar-refractivity contribution in [2.45, 2.75) is 24.8 Å². The first-order valence-corrected chi connectivity index (χ1v) is 6.52. The minimum Gasteiger partial charge on any atom is -0.467 e. The molecule has 0 atom stereocenters. The smallest absolute Gasteiger partial charge is 0.319 e. The molecule has 0 amide bonds. The van der Waals surface area contributed by atoms with E-state index in [1.165, 1.54) is 7.11 Å². The van der Waals surface area contributed by atoms with Crippen molar-refractivity contribution in [3.05, 3.63) is 11.2 Å². The minimum absolute atomic E-state index is 0.0715. The molecule has 2 saturated heterocycles. The van der Waals surface area contributed by atoms with Crippen LogP contribution < -0.4 is 9.64 Å². The lowest BCUT2D eigenvalue weighted by molar-refractivity contribution is 0.173. The Kier molecular flexibility index (Phi) is 2.83. The zero-order valence-electron chi connectivity index (χ0n) is 10.3. The molecule has 0 radical (unpaired) electrons. The Hall–Kier alpha value is -1.07. The van der Waals surface area contributed by atoms with Gasteiger partial charge in [0.1, 0.15) is 11.0 Å². The van der Waals surface area contributed by atoms with Gasteiger partial charge < -0.3 is 14.7 Å². The fraction of sp³-hybridized carbons (Fsp3) is 0.667. The molecule has 4 rings (SSSR count). The molecule has 5 nitrogen and oxygen atoms in total. The maximum absolute atomic E-state index is 9.23. The van der Waals surface area contributed by atoms with E-state index in [2.05, 4.69) is 14.9 Å². The first-order chi connectivity index (χ1) is 8.66. The summed E-state index contributed by atoms with van der Waals surface area (Å²) in [7, 11) is 1.53. The molecule has 1 aromatic heterocycles. The van der Waals surface area contributed by atoms with Crippen LogP contribution in [0.25, 0.3) is 0 Å². The van der Waals surface area contributed by atoms with Gasteiger partial charge >= 0.3 is 6.01 Å². The Morgan fingerprint density at radius 3 is 3.00 bits per heavy atom. The number of fused-ring (bicyclic) bond motifs is 1. The van der Waals surface area contributed by atoms with Crippen LogP contribution in [0.3, 0.4) is 0 Å². The SMILES string of the molecule is COc1nc(Cl)cc(N2CC3CC2(CCO)C3)n1. The maximum Gasteiger partial charge on any atom is 0.319 e. The molecule has 2 aliphatic heterocycles. The molecule has 3 aliphatic rings. The predicted molar refractivity (Wildman–Crippen MR) is 68.1 cm³/mol. The lowest BCUT2D eigenvalue weighted by Gasteiger charge is -2.42. The number of rotatable bonds is 4. The highest BCUT2D eigenvalue weighted by molar-refractivity contribution is 6.29. The van der Waals surface area contributed by atoms with E-state index in [4.69, 9.17) is 16.3 Å². The van der Waals surface area contributed by atoms with E-state index in [-0.39, 0.29) is 12.1 Å². The summed E-state index contributed by atoms with van der Waals surface area (Å²) < 4.78 is 5.05. The van der Waals surface area contributed by atoms with E-state index < -0.39 is 0 Å². The molecular formula is C12H16ClN3O2. The zero-order valence-corrected chi connectivity index (χ0v) is 11.0. The number of aromatic nitrogens is 2. The Labute approximate surface area is 111 Å². The third-order valence-corrected chi connectivity index (χ3v) is 4.24. The number of methoxy groups -OCH3 is 1. The molecule has 18 heavy (non-hydrogen) atoms. The quantitative estimate of drug-likeness (QED) is 0.840. The normalized spacial score (nSPS) is 29.3. The van der Waals surface area contributed by atoms with Crippen LogP contribution in [0.4, 0.5) is 5.82 Å². The van der Waals surface area contributed by atoms with Crippen molar-refractivity contribution in [2.75, 3.05) is 25.2 Å². The second-order valence-electron chi connectivity index (χ2n) is 5.12. The largest absolute Gasteiger partial charge is 0.467 e. The number of ether oxygens (including phenoxy) is 1. The van der Waals surface area contributed by atoms with E-state index in [1.807, 2.05) is 0 Å². The third kappa shape index (κ3) is 1.73. The van der Waals surface area contributed by atoms with Gasteiger partial charge in [0, 0.05) is 24.8 Å². The summed E-state index contributed by atoms with van der Waals surface area (Å²) in [5.41, 5.74) is 0.0715. The summed E-state index contributed by atoms with van der Waals surface area (Å²) in [5.74, 6) is 1.52. The van der Waals surface area contributed by atoms with E-state index in [9.17, 15) is 5.11 Å². The van der Waals surface area contributed by atoms with E-state index in [0.29, 0.717) is 11.2 Å². The molecule has 6 heteroatoms. The number of hydrogen-bond acceptors (Lipinski definition) is 5. The molecule has 0 spiro atoms. The molecule has 1 aromatic rings. The minimum atomic E-state index is 0.0715. The van der Waals surface area contributed by atoms with Crippen LogP contribution in [0, 0.1) is 5.92 Å². The Bertz CT molecular complexity index is 463. The highest BCUT2D eigenvalue weighted by Gasteiger charge is 2.55. The van der Waals surface area contributed by atoms with Gasteiger partial charge in [-0.3, -0.25) is 0 Å². The lowest BCUT2D eigenvalue weighted by Crippen LogP contribution is -2.47. The van der Waals surface area contributed by atoms with Crippen LogP contribution in [-0.2, 0) is 0 Å². The van der Waals surface area contributed by atoms with Crippen molar-refractivity contribution >= 4 is 17.4 Å². The molecule has 1 saturated carbocycles. The van der Waals surface area contributed by atoms with Gasteiger partial charge in [0.05, 0.1) is 7.11 Å². The van der Waals surface area contributed by atoms with Crippen LogP contribution in [0.5, 0.6) is 6.01 Å². The summed E-state index contributed by atoms with van der Waals surface area (Å²) in [5, 5.41) is 9.62. The highest BCUT2D eigenvalue weighted by Crippen LogP contribution is 2.53. The number of aliphatic hydroxyl groups excluding tert-OH is 1. The van der Waals surface area contributed by atoms with E-state index in [0.717, 1.165) is 37.5 Å². The molecule has 3 heterocycles. The zero-order chi connectivity index (χ0) is 12.8. The van der Waals surface area contributed by atoms with Crippen LogP contribution in [0.1, 0.15) is 19.3 Å². The maximum atomic E-state index is 9.23. The first kappa shape index (κ1) is 12.0. The standard InChI is InChI=1S/C12H16ClN3O2/c1-18-11-14-9(13)4-10(15-11)16-7-8-5-12(16,6-8)2-3-17/h4,8,17H,2-3,5-7H2,1H3. The molecule has 1 N–H and O–H groups in total. The highest BCUT2D eigenvalue weighted by atomic mass is 35.5. The average Bonchev–Trinajstić information content (AvgIpc) is 2.83. The summed E-state index contributed by atoms with van der Waals surface area (Å²) in [6, 6.07) is 2.06. The number of nitrogens with zero attached hydrogens (tertiary/aromatic N) is 3. The van der Waals surface area contributed by atoms with Gasteiger partial charge in [-0.2, -0.15) is 9.97 Å². The molecule has 1 aliphatic carbocycles.